The second-order valence-electron chi connectivity index (χ2n) is 5.38. The van der Waals surface area contributed by atoms with Gasteiger partial charge in [0.25, 0.3) is 5.91 Å². The molecule has 3 aliphatic rings. The minimum atomic E-state index is -0.0804. The van der Waals surface area contributed by atoms with Crippen LogP contribution in [0.3, 0.4) is 0 Å². The van der Waals surface area contributed by atoms with Crippen molar-refractivity contribution >= 4 is 29.1 Å². The van der Waals surface area contributed by atoms with Gasteiger partial charge in [-0.05, 0) is 50.0 Å². The Morgan fingerprint density at radius 3 is 2.32 bits per heavy atom. The van der Waals surface area contributed by atoms with Crippen molar-refractivity contribution < 1.29 is 4.79 Å². The second-order valence-corrected chi connectivity index (χ2v) is 6.25. The fourth-order valence-corrected chi connectivity index (χ4v) is 3.59. The largest absolute Gasteiger partial charge is 0.348 e. The van der Waals surface area contributed by atoms with Crippen molar-refractivity contribution in [1.29, 1.82) is 0 Å². The molecule has 1 atom stereocenters. The molecule has 2 bridgehead atoms. The van der Waals surface area contributed by atoms with E-state index in [9.17, 15) is 4.79 Å². The number of carbonyl (C=O) groups excluding carboxylic acids is 1. The minimum absolute atomic E-state index is 0.0804. The maximum Gasteiger partial charge on any atom is 0.251 e. The first-order chi connectivity index (χ1) is 9.11. The Morgan fingerprint density at radius 1 is 1.16 bits per heavy atom. The summed E-state index contributed by atoms with van der Waals surface area (Å²) in [7, 11) is 0. The van der Waals surface area contributed by atoms with Crippen molar-refractivity contribution in [2.24, 2.45) is 5.92 Å². The molecule has 102 valence electrons. The fourth-order valence-electron chi connectivity index (χ4n) is 3.07. The molecule has 1 aromatic carbocycles. The molecule has 3 heterocycles. The number of halogens is 2. The molecule has 3 fully saturated rings. The van der Waals surface area contributed by atoms with Gasteiger partial charge < -0.3 is 10.2 Å². The van der Waals surface area contributed by atoms with Crippen LogP contribution < -0.4 is 5.32 Å². The Bertz CT molecular complexity index is 478. The van der Waals surface area contributed by atoms with Gasteiger partial charge in [-0.15, -0.1) is 0 Å². The maximum atomic E-state index is 12.2. The van der Waals surface area contributed by atoms with Gasteiger partial charge in [-0.25, -0.2) is 0 Å². The van der Waals surface area contributed by atoms with E-state index in [0.29, 0.717) is 21.5 Å². The number of hydrogen-bond acceptors (Lipinski definition) is 2. The number of rotatable bonds is 2. The lowest BCUT2D eigenvalue weighted by Crippen LogP contribution is -2.57. The number of hydrogen-bond donors (Lipinski definition) is 1. The van der Waals surface area contributed by atoms with Crippen molar-refractivity contribution in [1.82, 2.24) is 10.2 Å². The van der Waals surface area contributed by atoms with Crippen molar-refractivity contribution in [3.05, 3.63) is 33.8 Å². The van der Waals surface area contributed by atoms with Crippen LogP contribution in [0.4, 0.5) is 0 Å². The van der Waals surface area contributed by atoms with Crippen LogP contribution in [0, 0.1) is 5.92 Å². The summed E-state index contributed by atoms with van der Waals surface area (Å²) in [6.45, 7) is 3.30. The monoisotopic (exact) mass is 298 g/mol. The third-order valence-electron chi connectivity index (χ3n) is 4.10. The average molecular weight is 299 g/mol. The Kier molecular flexibility index (Phi) is 3.70. The Balaban J connectivity index is 1.71. The third kappa shape index (κ3) is 2.88. The Morgan fingerprint density at radius 2 is 1.79 bits per heavy atom. The van der Waals surface area contributed by atoms with E-state index in [2.05, 4.69) is 10.2 Å². The van der Waals surface area contributed by atoms with E-state index in [1.165, 1.54) is 25.9 Å². The second kappa shape index (κ2) is 5.31. The summed E-state index contributed by atoms with van der Waals surface area (Å²) < 4.78 is 0. The van der Waals surface area contributed by atoms with Crippen LogP contribution in [0.15, 0.2) is 18.2 Å². The van der Waals surface area contributed by atoms with E-state index >= 15 is 0 Å². The molecule has 1 N–H and O–H groups in total. The topological polar surface area (TPSA) is 32.3 Å². The van der Waals surface area contributed by atoms with Gasteiger partial charge in [-0.3, -0.25) is 4.79 Å². The summed E-state index contributed by atoms with van der Waals surface area (Å²) in [4.78, 5) is 14.7. The number of carbonyl (C=O) groups is 1. The number of nitrogens with zero attached hydrogens (tertiary/aromatic N) is 1. The molecule has 3 aliphatic heterocycles. The van der Waals surface area contributed by atoms with Gasteiger partial charge in [0, 0.05) is 28.2 Å². The average Bonchev–Trinajstić information content (AvgIpc) is 2.39. The van der Waals surface area contributed by atoms with Gasteiger partial charge in [-0.1, -0.05) is 23.2 Å². The SMILES string of the molecule is O=C(NC1CN2CCC1CC2)c1cc(Cl)cc(Cl)c1. The van der Waals surface area contributed by atoms with Crippen LogP contribution in [0.1, 0.15) is 23.2 Å². The molecule has 1 aromatic rings. The lowest BCUT2D eigenvalue weighted by Gasteiger charge is -2.44. The van der Waals surface area contributed by atoms with Crippen molar-refractivity contribution in [3.8, 4) is 0 Å². The van der Waals surface area contributed by atoms with Gasteiger partial charge in [0.2, 0.25) is 0 Å². The number of amides is 1. The van der Waals surface area contributed by atoms with E-state index in [1.807, 2.05) is 0 Å². The Labute approximate surface area is 122 Å². The highest BCUT2D eigenvalue weighted by Crippen LogP contribution is 2.28. The first-order valence-electron chi connectivity index (χ1n) is 6.61. The summed E-state index contributed by atoms with van der Waals surface area (Å²) in [6, 6.07) is 5.20. The molecule has 0 saturated carbocycles. The summed E-state index contributed by atoms with van der Waals surface area (Å²) in [5.74, 6) is 0.534. The van der Waals surface area contributed by atoms with Gasteiger partial charge >= 0.3 is 0 Å². The lowest BCUT2D eigenvalue weighted by molar-refractivity contribution is 0.0620. The molecular formula is C14H16Cl2N2O. The molecule has 3 saturated heterocycles. The lowest BCUT2D eigenvalue weighted by atomic mass is 9.84. The molecule has 5 heteroatoms. The number of benzene rings is 1. The van der Waals surface area contributed by atoms with Gasteiger partial charge in [0.15, 0.2) is 0 Å². The molecule has 19 heavy (non-hydrogen) atoms. The highest BCUT2D eigenvalue weighted by Gasteiger charge is 2.34. The summed E-state index contributed by atoms with van der Waals surface area (Å²) >= 11 is 11.9. The van der Waals surface area contributed by atoms with Crippen LogP contribution in [-0.2, 0) is 0 Å². The summed E-state index contributed by atoms with van der Waals surface area (Å²) in [6.07, 6.45) is 2.36. The first kappa shape index (κ1) is 13.2. The van der Waals surface area contributed by atoms with Crippen LogP contribution in [0.25, 0.3) is 0 Å². The number of piperidine rings is 3. The molecular weight excluding hydrogens is 283 g/mol. The molecule has 0 aromatic heterocycles. The van der Waals surface area contributed by atoms with E-state index in [4.69, 9.17) is 23.2 Å². The van der Waals surface area contributed by atoms with Gasteiger partial charge in [0.05, 0.1) is 0 Å². The molecule has 0 spiro atoms. The summed E-state index contributed by atoms with van der Waals surface area (Å²) in [5, 5.41) is 4.11. The van der Waals surface area contributed by atoms with Gasteiger partial charge in [-0.2, -0.15) is 0 Å². The van der Waals surface area contributed by atoms with Crippen LogP contribution in [0.5, 0.6) is 0 Å². The maximum absolute atomic E-state index is 12.2. The molecule has 0 radical (unpaired) electrons. The summed E-state index contributed by atoms with van der Waals surface area (Å²) in [5.41, 5.74) is 0.536. The number of nitrogens with one attached hydrogen (secondary N) is 1. The van der Waals surface area contributed by atoms with Crippen molar-refractivity contribution in [2.45, 2.75) is 18.9 Å². The molecule has 1 unspecified atom stereocenters. The molecule has 4 rings (SSSR count). The van der Waals surface area contributed by atoms with Gasteiger partial charge in [0.1, 0.15) is 0 Å². The van der Waals surface area contributed by atoms with Crippen molar-refractivity contribution in [2.75, 3.05) is 19.6 Å². The van der Waals surface area contributed by atoms with Crippen LogP contribution in [-0.4, -0.2) is 36.5 Å². The molecule has 0 aliphatic carbocycles. The highest BCUT2D eigenvalue weighted by atomic mass is 35.5. The van der Waals surface area contributed by atoms with E-state index < -0.39 is 0 Å². The zero-order valence-corrected chi connectivity index (χ0v) is 12.0. The molecule has 3 nitrogen and oxygen atoms in total. The normalized spacial score (nSPS) is 29.3. The van der Waals surface area contributed by atoms with E-state index in [-0.39, 0.29) is 11.9 Å². The predicted molar refractivity (Wildman–Crippen MR) is 76.9 cm³/mol. The standard InChI is InChI=1S/C14H16Cl2N2O/c15-11-5-10(6-12(16)7-11)14(19)17-13-8-18-3-1-9(13)2-4-18/h5-7,9,13H,1-4,8H2,(H,17,19). The minimum Gasteiger partial charge on any atom is -0.348 e. The van der Waals surface area contributed by atoms with Crippen LogP contribution >= 0.6 is 23.2 Å². The van der Waals surface area contributed by atoms with Crippen molar-refractivity contribution in [3.63, 3.8) is 0 Å². The van der Waals surface area contributed by atoms with E-state index in [0.717, 1.165) is 6.54 Å². The smallest absolute Gasteiger partial charge is 0.251 e. The highest BCUT2D eigenvalue weighted by molar-refractivity contribution is 6.35. The number of fused-ring (bicyclic) bond motifs is 3. The van der Waals surface area contributed by atoms with Crippen LogP contribution in [0.2, 0.25) is 10.0 Å². The zero-order valence-electron chi connectivity index (χ0n) is 10.5. The van der Waals surface area contributed by atoms with E-state index in [1.54, 1.807) is 18.2 Å². The first-order valence-corrected chi connectivity index (χ1v) is 7.37. The molecule has 1 amide bonds. The predicted octanol–water partition coefficient (Wildman–Crippen LogP) is 2.82. The third-order valence-corrected chi connectivity index (χ3v) is 4.53. The quantitative estimate of drug-likeness (QED) is 0.911. The zero-order chi connectivity index (χ0) is 13.4. The fraction of sp³-hybridized carbons (Fsp3) is 0.500. The Hall–Kier alpha value is -0.770.